The van der Waals surface area contributed by atoms with E-state index in [0.29, 0.717) is 0 Å². The lowest BCUT2D eigenvalue weighted by Gasteiger charge is -2.11. The summed E-state index contributed by atoms with van der Waals surface area (Å²) >= 11 is 0. The Balaban J connectivity index is 4.60. The summed E-state index contributed by atoms with van der Waals surface area (Å²) < 4.78 is 4.55. The van der Waals surface area contributed by atoms with Crippen molar-refractivity contribution in [3.63, 3.8) is 0 Å². The first-order valence-corrected chi connectivity index (χ1v) is 4.31. The highest BCUT2D eigenvalue weighted by atomic mass is 16.5. The third-order valence-electron chi connectivity index (χ3n) is 1.69. The van der Waals surface area contributed by atoms with Crippen molar-refractivity contribution in [2.45, 2.75) is 6.42 Å². The van der Waals surface area contributed by atoms with E-state index < -0.39 is 35.8 Å². The number of aliphatic carboxylic acids is 2. The summed E-state index contributed by atoms with van der Waals surface area (Å²) in [6.07, 6.45) is 0.593. The Morgan fingerprint density at radius 3 is 2.25 bits per heavy atom. The number of rotatable bonds is 7. The van der Waals surface area contributed by atoms with Gasteiger partial charge in [-0.05, 0) is 0 Å². The topological polar surface area (TPSA) is 101 Å². The largest absolute Gasteiger partial charge is 0.481 e. The number of carbonyl (C=O) groups excluding carboxylic acids is 1. The summed E-state index contributed by atoms with van der Waals surface area (Å²) in [5.41, 5.74) is -0.392. The number of ether oxygens (including phenoxy) is 1. The van der Waals surface area contributed by atoms with Gasteiger partial charge in [-0.25, -0.2) is 4.79 Å². The lowest BCUT2D eigenvalue weighted by Crippen LogP contribution is -2.24. The molecule has 0 aliphatic carbocycles. The molecule has 16 heavy (non-hydrogen) atoms. The van der Waals surface area contributed by atoms with Gasteiger partial charge in [0.15, 0.2) is 0 Å². The summed E-state index contributed by atoms with van der Waals surface area (Å²) in [5.74, 6) is -5.17. The second-order valence-electron chi connectivity index (χ2n) is 2.90. The van der Waals surface area contributed by atoms with E-state index in [2.05, 4.69) is 17.9 Å². The van der Waals surface area contributed by atoms with Gasteiger partial charge in [0.1, 0.15) is 6.61 Å². The summed E-state index contributed by atoms with van der Waals surface area (Å²) in [7, 11) is 0. The maximum Gasteiger partial charge on any atom is 0.334 e. The molecule has 0 heterocycles. The van der Waals surface area contributed by atoms with Crippen LogP contribution >= 0.6 is 0 Å². The van der Waals surface area contributed by atoms with E-state index in [0.717, 1.165) is 0 Å². The molecule has 0 radical (unpaired) electrons. The lowest BCUT2D eigenvalue weighted by molar-refractivity contribution is -0.149. The normalized spacial score (nSPS) is 11.2. The Morgan fingerprint density at radius 2 is 1.88 bits per heavy atom. The Bertz CT molecular complexity index is 330. The fraction of sp³-hybridized carbons (Fsp3) is 0.300. The van der Waals surface area contributed by atoms with E-state index in [1.54, 1.807) is 0 Å². The van der Waals surface area contributed by atoms with E-state index >= 15 is 0 Å². The molecule has 0 spiro atoms. The smallest absolute Gasteiger partial charge is 0.334 e. The van der Waals surface area contributed by atoms with Crippen LogP contribution in [-0.4, -0.2) is 34.7 Å². The van der Waals surface area contributed by atoms with Gasteiger partial charge in [-0.15, -0.1) is 0 Å². The third kappa shape index (κ3) is 4.41. The summed E-state index contributed by atoms with van der Waals surface area (Å²) in [6, 6.07) is 0. The first-order chi connectivity index (χ1) is 7.40. The predicted molar refractivity (Wildman–Crippen MR) is 53.7 cm³/mol. The Morgan fingerprint density at radius 1 is 1.31 bits per heavy atom. The van der Waals surface area contributed by atoms with Crippen LogP contribution < -0.4 is 0 Å². The average molecular weight is 228 g/mol. The van der Waals surface area contributed by atoms with Gasteiger partial charge in [0.2, 0.25) is 0 Å². The molecule has 0 amide bonds. The zero-order valence-electron chi connectivity index (χ0n) is 8.51. The molecule has 0 fully saturated rings. The van der Waals surface area contributed by atoms with E-state index in [1.165, 1.54) is 6.08 Å². The fourth-order valence-corrected chi connectivity index (χ4v) is 0.904. The quantitative estimate of drug-likeness (QED) is 0.372. The van der Waals surface area contributed by atoms with Crippen LogP contribution in [0.1, 0.15) is 6.42 Å². The number of carbonyl (C=O) groups is 3. The maximum atomic E-state index is 11.2. The van der Waals surface area contributed by atoms with Crippen LogP contribution in [0.15, 0.2) is 24.8 Å². The van der Waals surface area contributed by atoms with Crippen LogP contribution in [0.3, 0.4) is 0 Å². The number of carboxylic acids is 2. The zero-order valence-corrected chi connectivity index (χ0v) is 8.51. The SMILES string of the molecule is C=CCOC(=O)C(=C)C(CC(=O)O)C(=O)O. The van der Waals surface area contributed by atoms with E-state index in [-0.39, 0.29) is 6.61 Å². The van der Waals surface area contributed by atoms with Gasteiger partial charge in [0, 0.05) is 5.57 Å². The van der Waals surface area contributed by atoms with Crippen molar-refractivity contribution in [1.82, 2.24) is 0 Å². The molecular weight excluding hydrogens is 216 g/mol. The monoisotopic (exact) mass is 228 g/mol. The third-order valence-corrected chi connectivity index (χ3v) is 1.69. The predicted octanol–water partition coefficient (Wildman–Crippen LogP) is 0.447. The van der Waals surface area contributed by atoms with Crippen molar-refractivity contribution >= 4 is 17.9 Å². The lowest BCUT2D eigenvalue weighted by atomic mass is 9.97. The molecule has 6 heteroatoms. The Hall–Kier alpha value is -2.11. The van der Waals surface area contributed by atoms with Crippen molar-refractivity contribution in [2.75, 3.05) is 6.61 Å². The highest BCUT2D eigenvalue weighted by Gasteiger charge is 2.29. The van der Waals surface area contributed by atoms with Crippen LogP contribution in [0, 0.1) is 5.92 Å². The molecule has 0 aromatic rings. The van der Waals surface area contributed by atoms with Crippen LogP contribution in [0.25, 0.3) is 0 Å². The molecule has 1 unspecified atom stereocenters. The molecule has 0 aliphatic rings. The average Bonchev–Trinajstić information content (AvgIpc) is 2.20. The summed E-state index contributed by atoms with van der Waals surface area (Å²) in [6.45, 7) is 6.45. The maximum absolute atomic E-state index is 11.2. The van der Waals surface area contributed by atoms with Crippen LogP contribution in [0.5, 0.6) is 0 Å². The molecule has 0 aromatic carbocycles. The summed E-state index contributed by atoms with van der Waals surface area (Å²) in [5, 5.41) is 17.2. The fourth-order valence-electron chi connectivity index (χ4n) is 0.904. The first-order valence-electron chi connectivity index (χ1n) is 4.31. The van der Waals surface area contributed by atoms with Crippen LogP contribution in [-0.2, 0) is 19.1 Å². The molecular formula is C10H12O6. The number of hydrogen-bond donors (Lipinski definition) is 2. The molecule has 0 aromatic heterocycles. The molecule has 0 saturated heterocycles. The molecule has 0 rings (SSSR count). The molecule has 1 atom stereocenters. The van der Waals surface area contributed by atoms with Gasteiger partial charge in [-0.1, -0.05) is 19.2 Å². The molecule has 0 aliphatic heterocycles. The van der Waals surface area contributed by atoms with E-state index in [4.69, 9.17) is 10.2 Å². The minimum atomic E-state index is -1.48. The van der Waals surface area contributed by atoms with Crippen molar-refractivity contribution in [2.24, 2.45) is 5.92 Å². The van der Waals surface area contributed by atoms with Gasteiger partial charge < -0.3 is 14.9 Å². The van der Waals surface area contributed by atoms with Gasteiger partial charge in [0.25, 0.3) is 0 Å². The van der Waals surface area contributed by atoms with Gasteiger partial charge in [-0.2, -0.15) is 0 Å². The second kappa shape index (κ2) is 6.39. The number of hydrogen-bond acceptors (Lipinski definition) is 4. The molecule has 6 nitrogen and oxygen atoms in total. The number of carboxylic acid groups (broad SMARTS) is 2. The molecule has 0 saturated carbocycles. The molecule has 0 bridgehead atoms. The standard InChI is InChI=1S/C10H12O6/c1-3-4-16-10(15)6(2)7(9(13)14)5-8(11)12/h3,7H,1-2,4-5H2,(H,11,12)(H,13,14). The highest BCUT2D eigenvalue weighted by Crippen LogP contribution is 2.15. The van der Waals surface area contributed by atoms with Gasteiger partial charge in [0.05, 0.1) is 12.3 Å². The van der Waals surface area contributed by atoms with Crippen molar-refractivity contribution in [1.29, 1.82) is 0 Å². The van der Waals surface area contributed by atoms with E-state index in [9.17, 15) is 14.4 Å². The van der Waals surface area contributed by atoms with Crippen molar-refractivity contribution in [3.05, 3.63) is 24.8 Å². The summed E-state index contributed by atoms with van der Waals surface area (Å²) in [4.78, 5) is 32.3. The highest BCUT2D eigenvalue weighted by molar-refractivity contribution is 5.96. The van der Waals surface area contributed by atoms with Gasteiger partial charge in [-0.3, -0.25) is 9.59 Å². The number of esters is 1. The molecule has 2 N–H and O–H groups in total. The zero-order chi connectivity index (χ0) is 12.7. The van der Waals surface area contributed by atoms with Gasteiger partial charge >= 0.3 is 17.9 Å². The second-order valence-corrected chi connectivity index (χ2v) is 2.90. The van der Waals surface area contributed by atoms with Crippen molar-refractivity contribution in [3.8, 4) is 0 Å². The minimum Gasteiger partial charge on any atom is -0.481 e. The van der Waals surface area contributed by atoms with Crippen LogP contribution in [0.4, 0.5) is 0 Å². The molecule has 88 valence electrons. The van der Waals surface area contributed by atoms with Crippen molar-refractivity contribution < 1.29 is 29.3 Å². The first kappa shape index (κ1) is 13.9. The Kier molecular flexibility index (Phi) is 5.55. The van der Waals surface area contributed by atoms with Crippen LogP contribution in [0.2, 0.25) is 0 Å². The van der Waals surface area contributed by atoms with E-state index in [1.807, 2.05) is 0 Å². The minimum absolute atomic E-state index is 0.0860. The Labute approximate surface area is 91.8 Å².